The van der Waals surface area contributed by atoms with E-state index in [-0.39, 0.29) is 17.2 Å². The van der Waals surface area contributed by atoms with Gasteiger partial charge in [-0.15, -0.1) is 0 Å². The van der Waals surface area contributed by atoms with Gasteiger partial charge in [0.15, 0.2) is 0 Å². The van der Waals surface area contributed by atoms with E-state index in [0.717, 1.165) is 13.1 Å². The average molecular weight is 292 g/mol. The third kappa shape index (κ3) is 3.47. The van der Waals surface area contributed by atoms with Crippen LogP contribution in [0.15, 0.2) is 30.5 Å². The number of carbonyl (C=O) groups excluding carboxylic acids is 1. The molecule has 0 unspecified atom stereocenters. The molecule has 0 aliphatic carbocycles. The van der Waals surface area contributed by atoms with Gasteiger partial charge in [-0.2, -0.15) is 5.48 Å². The molecule has 0 spiro atoms. The molecule has 0 saturated carbocycles. The van der Waals surface area contributed by atoms with Crippen LogP contribution in [0.2, 0.25) is 0 Å². The van der Waals surface area contributed by atoms with E-state index in [1.165, 1.54) is 24.3 Å². The van der Waals surface area contributed by atoms with Gasteiger partial charge in [-0.25, -0.2) is 9.37 Å². The van der Waals surface area contributed by atoms with E-state index in [1.807, 2.05) is 0 Å². The number of anilines is 1. The zero-order chi connectivity index (χ0) is 15.4. The van der Waals surface area contributed by atoms with Crippen LogP contribution in [-0.2, 0) is 9.63 Å². The van der Waals surface area contributed by atoms with Crippen LogP contribution in [0, 0.1) is 15.9 Å². The Hall–Kier alpha value is -3.10. The highest BCUT2D eigenvalue weighted by Crippen LogP contribution is 2.26. The number of nitro groups is 1. The first-order chi connectivity index (χ1) is 9.97. The molecule has 0 saturated heterocycles. The lowest BCUT2D eigenvalue weighted by Crippen LogP contribution is -2.10. The van der Waals surface area contributed by atoms with Gasteiger partial charge in [0.1, 0.15) is 5.82 Å². The fraction of sp³-hybridized carbons (Fsp3) is 0.0833. The van der Waals surface area contributed by atoms with Crippen LogP contribution in [0.4, 0.5) is 15.9 Å². The molecule has 108 valence electrons. The molecule has 2 rings (SSSR count). The highest BCUT2D eigenvalue weighted by molar-refractivity contribution is 5.69. The third-order valence-corrected chi connectivity index (χ3v) is 2.35. The number of halogens is 1. The maximum Gasteiger partial charge on any atom is 0.329 e. The summed E-state index contributed by atoms with van der Waals surface area (Å²) in [5.41, 5.74) is 2.31. The molecule has 1 N–H and O–H groups in total. The van der Waals surface area contributed by atoms with E-state index in [9.17, 15) is 19.3 Å². The van der Waals surface area contributed by atoms with Gasteiger partial charge in [-0.3, -0.25) is 19.9 Å². The molecule has 0 aliphatic rings. The van der Waals surface area contributed by atoms with Crippen LogP contribution in [0.5, 0.6) is 0 Å². The minimum Gasteiger partial charge on any atom is -0.342 e. The number of nitrogens with zero attached hydrogens (tertiary/aromatic N) is 3. The maximum atomic E-state index is 12.8. The predicted molar refractivity (Wildman–Crippen MR) is 69.5 cm³/mol. The van der Waals surface area contributed by atoms with Gasteiger partial charge in [0.25, 0.3) is 0 Å². The van der Waals surface area contributed by atoms with Crippen LogP contribution in [0.1, 0.15) is 6.92 Å². The number of hydrogen-bond acceptors (Lipinski definition) is 7. The molecule has 21 heavy (non-hydrogen) atoms. The first-order valence-electron chi connectivity index (χ1n) is 5.68. The largest absolute Gasteiger partial charge is 0.342 e. The summed E-state index contributed by atoms with van der Waals surface area (Å²) < 4.78 is 12.8. The summed E-state index contributed by atoms with van der Waals surface area (Å²) >= 11 is 0. The van der Waals surface area contributed by atoms with Crippen LogP contribution in [0.3, 0.4) is 0 Å². The Morgan fingerprint density at radius 3 is 2.62 bits per heavy atom. The number of carbonyl (C=O) groups is 1. The topological polar surface area (TPSA) is 107 Å². The molecule has 2 aromatic heterocycles. The second-order valence-corrected chi connectivity index (χ2v) is 3.88. The summed E-state index contributed by atoms with van der Waals surface area (Å²) in [6.45, 7) is 1.13. The number of nitrogens with one attached hydrogen (secondary N) is 1. The fourth-order valence-corrected chi connectivity index (χ4v) is 1.46. The quantitative estimate of drug-likeness (QED) is 0.678. The molecular formula is C12H9FN4O4. The lowest BCUT2D eigenvalue weighted by Gasteiger charge is -2.06. The molecule has 0 fully saturated rings. The normalized spacial score (nSPS) is 10.0. The van der Waals surface area contributed by atoms with Crippen LogP contribution in [-0.4, -0.2) is 20.9 Å². The lowest BCUT2D eigenvalue weighted by atomic mass is 10.2. The summed E-state index contributed by atoms with van der Waals surface area (Å²) in [6.07, 6.45) is 0.998. The van der Waals surface area contributed by atoms with E-state index >= 15 is 0 Å². The van der Waals surface area contributed by atoms with Crippen molar-refractivity contribution >= 4 is 17.5 Å². The van der Waals surface area contributed by atoms with Crippen molar-refractivity contribution < 1.29 is 18.9 Å². The molecule has 0 aromatic carbocycles. The SMILES string of the molecule is CC(=O)ONc1nc(-c2ccc(F)cn2)ccc1[N+](=O)[O-]. The van der Waals surface area contributed by atoms with E-state index in [1.54, 1.807) is 0 Å². The van der Waals surface area contributed by atoms with Crippen molar-refractivity contribution in [1.82, 2.24) is 9.97 Å². The third-order valence-electron chi connectivity index (χ3n) is 2.35. The minimum atomic E-state index is -0.684. The Morgan fingerprint density at radius 2 is 2.05 bits per heavy atom. The van der Waals surface area contributed by atoms with Crippen molar-refractivity contribution in [2.75, 3.05) is 5.48 Å². The van der Waals surface area contributed by atoms with Gasteiger partial charge in [0.2, 0.25) is 5.82 Å². The number of hydrogen-bond donors (Lipinski definition) is 1. The second-order valence-electron chi connectivity index (χ2n) is 3.88. The van der Waals surface area contributed by atoms with Crippen molar-refractivity contribution in [2.45, 2.75) is 6.92 Å². The summed E-state index contributed by atoms with van der Waals surface area (Å²) in [4.78, 5) is 33.2. The first kappa shape index (κ1) is 14.3. The molecule has 8 nitrogen and oxygen atoms in total. The van der Waals surface area contributed by atoms with Crippen molar-refractivity contribution in [2.24, 2.45) is 0 Å². The molecule has 0 bridgehead atoms. The molecule has 0 aliphatic heterocycles. The van der Waals surface area contributed by atoms with Gasteiger partial charge in [-0.05, 0) is 18.2 Å². The predicted octanol–water partition coefficient (Wildman–Crippen LogP) is 2.08. The summed E-state index contributed by atoms with van der Waals surface area (Å²) in [6, 6.07) is 5.10. The Kier molecular flexibility index (Phi) is 4.02. The Balaban J connectivity index is 2.40. The highest BCUT2D eigenvalue weighted by atomic mass is 19.1. The van der Waals surface area contributed by atoms with Crippen molar-refractivity contribution in [1.29, 1.82) is 0 Å². The van der Waals surface area contributed by atoms with Gasteiger partial charge < -0.3 is 4.84 Å². The summed E-state index contributed by atoms with van der Waals surface area (Å²) in [7, 11) is 0. The van der Waals surface area contributed by atoms with E-state index in [0.29, 0.717) is 5.69 Å². The number of rotatable bonds is 4. The summed E-state index contributed by atoms with van der Waals surface area (Å²) in [5, 5.41) is 10.9. The Labute approximate surface area is 117 Å². The van der Waals surface area contributed by atoms with Gasteiger partial charge in [-0.1, -0.05) is 0 Å². The highest BCUT2D eigenvalue weighted by Gasteiger charge is 2.18. The van der Waals surface area contributed by atoms with E-state index < -0.39 is 16.7 Å². The number of pyridine rings is 2. The molecule has 2 heterocycles. The fourth-order valence-electron chi connectivity index (χ4n) is 1.46. The van der Waals surface area contributed by atoms with Crippen LogP contribution < -0.4 is 5.48 Å². The maximum absolute atomic E-state index is 12.8. The van der Waals surface area contributed by atoms with E-state index in [2.05, 4.69) is 20.3 Å². The van der Waals surface area contributed by atoms with Crippen molar-refractivity contribution in [3.8, 4) is 11.4 Å². The minimum absolute atomic E-state index is 0.251. The Bertz CT molecular complexity index is 690. The second kappa shape index (κ2) is 5.90. The zero-order valence-electron chi connectivity index (χ0n) is 10.7. The van der Waals surface area contributed by atoms with Crippen molar-refractivity contribution in [3.05, 3.63) is 46.4 Å². The molecule has 0 amide bonds. The monoisotopic (exact) mass is 292 g/mol. The first-order valence-corrected chi connectivity index (χ1v) is 5.68. The lowest BCUT2D eigenvalue weighted by molar-refractivity contribution is -0.384. The summed E-state index contributed by atoms with van der Waals surface area (Å²) in [5.74, 6) is -1.45. The van der Waals surface area contributed by atoms with Gasteiger partial charge in [0, 0.05) is 13.0 Å². The Morgan fingerprint density at radius 1 is 1.33 bits per heavy atom. The molecule has 0 atom stereocenters. The van der Waals surface area contributed by atoms with Crippen LogP contribution in [0.25, 0.3) is 11.4 Å². The molecule has 0 radical (unpaired) electrons. The molecule has 9 heteroatoms. The smallest absolute Gasteiger partial charge is 0.329 e. The zero-order valence-corrected chi connectivity index (χ0v) is 10.7. The van der Waals surface area contributed by atoms with Gasteiger partial charge >= 0.3 is 11.7 Å². The average Bonchev–Trinajstić information content (AvgIpc) is 2.45. The number of aromatic nitrogens is 2. The standard InChI is InChI=1S/C12H9FN4O4/c1-7(18)21-16-12-11(17(19)20)5-4-10(15-12)9-3-2-8(13)6-14-9/h2-6H,1H3,(H,15,16). The van der Waals surface area contributed by atoms with Gasteiger partial charge in [0.05, 0.1) is 22.5 Å². The molecule has 2 aromatic rings. The van der Waals surface area contributed by atoms with Crippen LogP contribution >= 0.6 is 0 Å². The van der Waals surface area contributed by atoms with E-state index in [4.69, 9.17) is 0 Å². The van der Waals surface area contributed by atoms with Crippen molar-refractivity contribution in [3.63, 3.8) is 0 Å². The molecular weight excluding hydrogens is 283 g/mol.